The van der Waals surface area contributed by atoms with E-state index in [-0.39, 0.29) is 19.6 Å². The van der Waals surface area contributed by atoms with Crippen molar-refractivity contribution in [2.45, 2.75) is 83.0 Å². The lowest BCUT2D eigenvalue weighted by Crippen LogP contribution is -2.59. The van der Waals surface area contributed by atoms with Crippen molar-refractivity contribution in [3.8, 4) is 0 Å². The van der Waals surface area contributed by atoms with Crippen LogP contribution in [0.2, 0.25) is 0 Å². The molecule has 0 spiro atoms. The Kier molecular flexibility index (Phi) is 11.7. The van der Waals surface area contributed by atoms with E-state index in [9.17, 15) is 19.2 Å². The van der Waals surface area contributed by atoms with Gasteiger partial charge in [-0.1, -0.05) is 75.6 Å². The highest BCUT2D eigenvalue weighted by Gasteiger charge is 2.43. The van der Waals surface area contributed by atoms with Crippen molar-refractivity contribution in [2.75, 3.05) is 20.3 Å². The fraction of sp³-hybridized carbons (Fsp3) is 0.533. The van der Waals surface area contributed by atoms with Crippen molar-refractivity contribution < 1.29 is 28.7 Å². The number of hydrogen-bond acceptors (Lipinski definition) is 7. The first-order chi connectivity index (χ1) is 19.3. The molecule has 10 heteroatoms. The van der Waals surface area contributed by atoms with Gasteiger partial charge in [0.05, 0.1) is 13.7 Å². The lowest BCUT2D eigenvalue weighted by Gasteiger charge is -2.30. The summed E-state index contributed by atoms with van der Waals surface area (Å²) in [6, 6.07) is 10.3. The molecule has 1 saturated heterocycles. The van der Waals surface area contributed by atoms with Crippen LogP contribution in [-0.4, -0.2) is 73.2 Å². The third-order valence-corrected chi connectivity index (χ3v) is 7.22. The van der Waals surface area contributed by atoms with Crippen LogP contribution in [-0.2, 0) is 30.3 Å². The van der Waals surface area contributed by atoms with Crippen LogP contribution in [0, 0.1) is 0 Å². The van der Waals surface area contributed by atoms with Crippen LogP contribution in [0.15, 0.2) is 42.5 Å². The second-order valence-electron chi connectivity index (χ2n) is 10.2. The van der Waals surface area contributed by atoms with Gasteiger partial charge in [-0.2, -0.15) is 0 Å². The Morgan fingerprint density at radius 3 is 2.42 bits per heavy atom. The van der Waals surface area contributed by atoms with E-state index in [4.69, 9.17) is 15.2 Å². The molecule has 1 aliphatic heterocycles. The number of carbonyl (C=O) groups excluding carboxylic acids is 4. The van der Waals surface area contributed by atoms with Gasteiger partial charge in [0.1, 0.15) is 18.1 Å². The lowest BCUT2D eigenvalue weighted by atomic mass is 10.0. The molecule has 1 fully saturated rings. The summed E-state index contributed by atoms with van der Waals surface area (Å²) in [6.07, 6.45) is 3.52. The zero-order valence-corrected chi connectivity index (χ0v) is 23.7. The van der Waals surface area contributed by atoms with E-state index in [1.54, 1.807) is 0 Å². The van der Waals surface area contributed by atoms with Gasteiger partial charge in [-0.3, -0.25) is 9.59 Å². The predicted octanol–water partition coefficient (Wildman–Crippen LogP) is 3.05. The minimum Gasteiger partial charge on any atom is -0.467 e. The van der Waals surface area contributed by atoms with Crippen molar-refractivity contribution in [2.24, 2.45) is 5.73 Å². The van der Waals surface area contributed by atoms with Gasteiger partial charge in [0, 0.05) is 19.0 Å². The molecule has 1 heterocycles. The van der Waals surface area contributed by atoms with E-state index < -0.39 is 48.0 Å². The topological polar surface area (TPSA) is 140 Å². The van der Waals surface area contributed by atoms with Crippen molar-refractivity contribution in [1.82, 2.24) is 15.5 Å². The first kappa shape index (κ1) is 30.9. The number of fused-ring (bicyclic) bond motifs is 1. The Morgan fingerprint density at radius 2 is 1.73 bits per heavy atom. The fourth-order valence-electron chi connectivity index (χ4n) is 4.95. The SMILES string of the molecule is CCCCOC(=O)NC(CCCC)C(=O)N1CCC(N)C1C(=O)NC(Cc1ccc2ccccc2c1)C(=O)OC. The van der Waals surface area contributed by atoms with Gasteiger partial charge in [-0.15, -0.1) is 0 Å². The average molecular weight is 555 g/mol. The number of amides is 3. The van der Waals surface area contributed by atoms with Crippen molar-refractivity contribution >= 4 is 34.6 Å². The minimum absolute atomic E-state index is 0.212. The largest absolute Gasteiger partial charge is 0.467 e. The maximum atomic E-state index is 13.6. The van der Waals surface area contributed by atoms with Crippen LogP contribution in [0.3, 0.4) is 0 Å². The molecule has 0 aromatic heterocycles. The molecule has 3 rings (SSSR count). The summed E-state index contributed by atoms with van der Waals surface area (Å²) in [5.74, 6) is -1.52. The van der Waals surface area contributed by atoms with Gasteiger partial charge in [0.25, 0.3) is 0 Å². The number of nitrogens with one attached hydrogen (secondary N) is 2. The van der Waals surface area contributed by atoms with Crippen molar-refractivity contribution in [3.63, 3.8) is 0 Å². The lowest BCUT2D eigenvalue weighted by molar-refractivity contribution is -0.146. The van der Waals surface area contributed by atoms with Crippen LogP contribution in [0.4, 0.5) is 4.79 Å². The van der Waals surface area contributed by atoms with E-state index in [1.165, 1.54) is 12.0 Å². The molecule has 3 amide bonds. The van der Waals surface area contributed by atoms with Gasteiger partial charge in [0.2, 0.25) is 11.8 Å². The number of benzene rings is 2. The van der Waals surface area contributed by atoms with Crippen LogP contribution < -0.4 is 16.4 Å². The van der Waals surface area contributed by atoms with E-state index in [0.717, 1.165) is 35.6 Å². The zero-order chi connectivity index (χ0) is 29.1. The number of ether oxygens (including phenoxy) is 2. The Labute approximate surface area is 235 Å². The second-order valence-corrected chi connectivity index (χ2v) is 10.2. The van der Waals surface area contributed by atoms with Gasteiger partial charge >= 0.3 is 12.1 Å². The third-order valence-electron chi connectivity index (χ3n) is 7.22. The Hall–Kier alpha value is -3.66. The fourth-order valence-corrected chi connectivity index (χ4v) is 4.95. The average Bonchev–Trinajstić information content (AvgIpc) is 3.35. The van der Waals surface area contributed by atoms with Gasteiger partial charge in [-0.05, 0) is 35.6 Å². The van der Waals surface area contributed by atoms with Crippen LogP contribution >= 0.6 is 0 Å². The highest BCUT2D eigenvalue weighted by atomic mass is 16.5. The Bertz CT molecular complexity index is 1170. The number of hydrogen-bond donors (Lipinski definition) is 3. The standard InChI is InChI=1S/C30H42N4O6/c1-4-6-12-24(33-30(38)40-17-7-5-2)28(36)34-16-15-23(31)26(34)27(35)32-25(29(37)39-3)19-20-13-14-21-10-8-9-11-22(21)18-20/h8-11,13-14,18,23-26H,4-7,12,15-17,19,31H2,1-3H3,(H,32,35)(H,33,38). The molecule has 0 bridgehead atoms. The summed E-state index contributed by atoms with van der Waals surface area (Å²) < 4.78 is 10.2. The number of alkyl carbamates (subject to hydrolysis) is 1. The number of unbranched alkanes of at least 4 members (excludes halogenated alkanes) is 2. The Morgan fingerprint density at radius 1 is 1.00 bits per heavy atom. The van der Waals surface area contributed by atoms with E-state index >= 15 is 0 Å². The number of esters is 1. The first-order valence-electron chi connectivity index (χ1n) is 14.1. The molecule has 2 aromatic rings. The quantitative estimate of drug-likeness (QED) is 0.255. The predicted molar refractivity (Wildman–Crippen MR) is 152 cm³/mol. The first-order valence-corrected chi connectivity index (χ1v) is 14.1. The molecule has 218 valence electrons. The number of methoxy groups -OCH3 is 1. The number of carbonyl (C=O) groups is 4. The van der Waals surface area contributed by atoms with E-state index in [2.05, 4.69) is 10.6 Å². The van der Waals surface area contributed by atoms with Crippen molar-refractivity contribution in [1.29, 1.82) is 0 Å². The summed E-state index contributed by atoms with van der Waals surface area (Å²) in [4.78, 5) is 53.6. The molecule has 4 atom stereocenters. The number of likely N-dealkylation sites (tertiary alicyclic amines) is 1. The van der Waals surface area contributed by atoms with E-state index in [1.807, 2.05) is 56.3 Å². The molecular weight excluding hydrogens is 512 g/mol. The second kappa shape index (κ2) is 15.2. The van der Waals surface area contributed by atoms with Crippen LogP contribution in [0.5, 0.6) is 0 Å². The summed E-state index contributed by atoms with van der Waals surface area (Å²) in [6.45, 7) is 4.51. The molecule has 1 aliphatic rings. The molecule has 10 nitrogen and oxygen atoms in total. The maximum Gasteiger partial charge on any atom is 0.407 e. The maximum absolute atomic E-state index is 13.6. The molecule has 0 radical (unpaired) electrons. The molecular formula is C30H42N4O6. The van der Waals surface area contributed by atoms with Crippen molar-refractivity contribution in [3.05, 3.63) is 48.0 Å². The monoisotopic (exact) mass is 554 g/mol. The Balaban J connectivity index is 1.74. The van der Waals surface area contributed by atoms with Gasteiger partial charge < -0.3 is 30.7 Å². The highest BCUT2D eigenvalue weighted by molar-refractivity contribution is 5.94. The minimum atomic E-state index is -0.988. The third kappa shape index (κ3) is 8.17. The van der Waals surface area contributed by atoms with E-state index in [0.29, 0.717) is 19.3 Å². The smallest absolute Gasteiger partial charge is 0.407 e. The molecule has 4 unspecified atom stereocenters. The summed E-state index contributed by atoms with van der Waals surface area (Å²) in [5.41, 5.74) is 7.16. The number of nitrogens with zero attached hydrogens (tertiary/aromatic N) is 1. The molecule has 2 aromatic carbocycles. The highest BCUT2D eigenvalue weighted by Crippen LogP contribution is 2.21. The summed E-state index contributed by atoms with van der Waals surface area (Å²) in [7, 11) is 1.27. The molecule has 0 aliphatic carbocycles. The number of rotatable bonds is 13. The molecule has 4 N–H and O–H groups in total. The van der Waals surface area contributed by atoms with Gasteiger partial charge in [0.15, 0.2) is 0 Å². The van der Waals surface area contributed by atoms with Crippen LogP contribution in [0.25, 0.3) is 10.8 Å². The summed E-state index contributed by atoms with van der Waals surface area (Å²) >= 11 is 0. The van der Waals surface area contributed by atoms with Gasteiger partial charge in [-0.25, -0.2) is 9.59 Å². The zero-order valence-electron chi connectivity index (χ0n) is 23.7. The summed E-state index contributed by atoms with van der Waals surface area (Å²) in [5, 5.41) is 7.54. The molecule has 40 heavy (non-hydrogen) atoms. The van der Waals surface area contributed by atoms with Crippen LogP contribution in [0.1, 0.15) is 57.9 Å². The number of nitrogens with two attached hydrogens (primary N) is 1. The normalized spacial score (nSPS) is 18.1. The molecule has 0 saturated carbocycles.